The number of rotatable bonds is 19. The van der Waals surface area contributed by atoms with Crippen molar-refractivity contribution in [1.29, 1.82) is 0 Å². The molecule has 0 unspecified atom stereocenters. The van der Waals surface area contributed by atoms with Crippen LogP contribution in [-0.4, -0.2) is 75.0 Å². The quantitative estimate of drug-likeness (QED) is 0.0778. The molecule has 9 rings (SSSR count). The van der Waals surface area contributed by atoms with Crippen molar-refractivity contribution in [1.82, 2.24) is 75.0 Å². The fraction of sp³-hybridized carbons (Fsp3) is 0.320. The molecule has 15 nitrogen and oxygen atoms in total. The van der Waals surface area contributed by atoms with Crippen molar-refractivity contribution in [2.45, 2.75) is 90.5 Å². The first-order valence-corrected chi connectivity index (χ1v) is 22.5. The van der Waals surface area contributed by atoms with Crippen molar-refractivity contribution in [2.24, 2.45) is 11.8 Å². The van der Waals surface area contributed by atoms with E-state index in [0.29, 0.717) is 12.8 Å². The van der Waals surface area contributed by atoms with E-state index in [-0.39, 0.29) is 42.0 Å². The highest BCUT2D eigenvalue weighted by molar-refractivity contribution is 5.24. The molecule has 0 spiro atoms. The van der Waals surface area contributed by atoms with E-state index in [1.54, 1.807) is 0 Å². The van der Waals surface area contributed by atoms with Gasteiger partial charge in [0.25, 0.3) is 0 Å². The molecule has 0 saturated carbocycles. The number of benzene rings is 4. The van der Waals surface area contributed by atoms with Crippen molar-refractivity contribution in [3.05, 3.63) is 203 Å². The van der Waals surface area contributed by atoms with Crippen LogP contribution in [0.2, 0.25) is 0 Å². The molecular formula is C50H55N15. The van der Waals surface area contributed by atoms with E-state index in [4.69, 9.17) is 30.9 Å². The molecule has 0 N–H and O–H groups in total. The highest BCUT2D eigenvalue weighted by Crippen LogP contribution is 2.31. The molecule has 0 aliphatic carbocycles. The maximum Gasteiger partial charge on any atom is 0.108 e. The zero-order valence-corrected chi connectivity index (χ0v) is 37.5. The van der Waals surface area contributed by atoms with Crippen LogP contribution in [0.3, 0.4) is 0 Å². The van der Waals surface area contributed by atoms with Crippen LogP contribution < -0.4 is 0 Å². The maximum atomic E-state index is 4.86. The molecule has 0 saturated heterocycles. The van der Waals surface area contributed by atoms with Crippen molar-refractivity contribution < 1.29 is 0 Å². The summed E-state index contributed by atoms with van der Waals surface area (Å²) in [5.41, 5.74) is 8.80. The fourth-order valence-electron chi connectivity index (χ4n) is 8.64. The molecule has 0 aliphatic heterocycles. The van der Waals surface area contributed by atoms with Gasteiger partial charge >= 0.3 is 0 Å². The van der Waals surface area contributed by atoms with Gasteiger partial charge in [-0.15, -0.1) is 25.5 Å². The van der Waals surface area contributed by atoms with Crippen molar-refractivity contribution in [3.8, 4) is 0 Å². The second-order valence-electron chi connectivity index (χ2n) is 17.5. The zero-order chi connectivity index (χ0) is 44.7. The Balaban J connectivity index is 1.01. The summed E-state index contributed by atoms with van der Waals surface area (Å²) in [6, 6.07) is 40.6. The molecule has 0 bridgehead atoms. The van der Waals surface area contributed by atoms with Gasteiger partial charge in [-0.25, -0.2) is 23.4 Å². The van der Waals surface area contributed by atoms with Gasteiger partial charge in [0.05, 0.1) is 36.5 Å². The third-order valence-corrected chi connectivity index (χ3v) is 12.2. The molecule has 0 radical (unpaired) electrons. The summed E-state index contributed by atoms with van der Waals surface area (Å²) in [6.45, 7) is 10.8. The van der Waals surface area contributed by atoms with Crippen molar-refractivity contribution >= 4 is 0 Å². The molecule has 5 aromatic heterocycles. The smallest absolute Gasteiger partial charge is 0.108 e. The molecule has 330 valence electrons. The van der Waals surface area contributed by atoms with Gasteiger partial charge in [-0.3, -0.25) is 0 Å². The molecule has 15 heteroatoms. The number of aryl methyl sites for hydroxylation is 2. The van der Waals surface area contributed by atoms with E-state index in [9.17, 15) is 0 Å². The Labute approximate surface area is 379 Å². The normalized spacial score (nSPS) is 14.1. The SMILES string of the molecule is CC(C)[C@@H](c1cn([C@@H](Cc2ccccc2)c2cn([C@@H](Cc3ccccc3)c3cn([C@H](c4cn([C@H](C)c5ccccc5)nn4)C(C)C)nn3)nn2)nn1)n1cc(CCc2ccccc2)nn1. The Morgan fingerprint density at radius 1 is 0.369 bits per heavy atom. The first-order valence-electron chi connectivity index (χ1n) is 22.5. The summed E-state index contributed by atoms with van der Waals surface area (Å²) in [5, 5.41) is 47.1. The Morgan fingerprint density at radius 2 is 0.754 bits per heavy atom. The van der Waals surface area contributed by atoms with Gasteiger partial charge < -0.3 is 0 Å². The molecule has 5 heterocycles. The largest absolute Gasteiger partial charge is 0.245 e. The predicted octanol–water partition coefficient (Wildman–Crippen LogP) is 8.19. The van der Waals surface area contributed by atoms with E-state index in [0.717, 1.165) is 58.0 Å². The summed E-state index contributed by atoms with van der Waals surface area (Å²) in [5.74, 6) is 0.324. The van der Waals surface area contributed by atoms with Gasteiger partial charge in [0.15, 0.2) is 0 Å². The van der Waals surface area contributed by atoms with Crippen LogP contribution in [0.15, 0.2) is 152 Å². The second-order valence-corrected chi connectivity index (χ2v) is 17.5. The average molecular weight is 866 g/mol. The fourth-order valence-corrected chi connectivity index (χ4v) is 8.64. The van der Waals surface area contributed by atoms with Crippen molar-refractivity contribution in [3.63, 3.8) is 0 Å². The first kappa shape index (κ1) is 42.9. The van der Waals surface area contributed by atoms with Crippen LogP contribution in [0.4, 0.5) is 0 Å². The zero-order valence-electron chi connectivity index (χ0n) is 37.5. The summed E-state index contributed by atoms with van der Waals surface area (Å²) in [6.07, 6.45) is 13.1. The van der Waals surface area contributed by atoms with Gasteiger partial charge in [0.2, 0.25) is 0 Å². The topological polar surface area (TPSA) is 154 Å². The highest BCUT2D eigenvalue weighted by atomic mass is 15.5. The lowest BCUT2D eigenvalue weighted by Gasteiger charge is -2.19. The lowest BCUT2D eigenvalue weighted by molar-refractivity contribution is 0.386. The number of hydrogen-bond acceptors (Lipinski definition) is 10. The Bertz CT molecular complexity index is 2840. The van der Waals surface area contributed by atoms with E-state index in [1.807, 2.05) is 90.8 Å². The van der Waals surface area contributed by atoms with Crippen LogP contribution in [0.1, 0.15) is 116 Å². The van der Waals surface area contributed by atoms with Crippen LogP contribution in [-0.2, 0) is 25.7 Å². The van der Waals surface area contributed by atoms with Crippen LogP contribution in [0.25, 0.3) is 0 Å². The Morgan fingerprint density at radius 3 is 1.28 bits per heavy atom. The summed E-state index contributed by atoms with van der Waals surface area (Å²) < 4.78 is 9.59. The number of hydrogen-bond donors (Lipinski definition) is 0. The minimum Gasteiger partial charge on any atom is -0.245 e. The summed E-state index contributed by atoms with van der Waals surface area (Å²) in [7, 11) is 0. The van der Waals surface area contributed by atoms with Gasteiger partial charge in [0, 0.05) is 19.0 Å². The van der Waals surface area contributed by atoms with Crippen molar-refractivity contribution in [2.75, 3.05) is 0 Å². The van der Waals surface area contributed by atoms with Crippen LogP contribution >= 0.6 is 0 Å². The highest BCUT2D eigenvalue weighted by Gasteiger charge is 2.30. The first-order chi connectivity index (χ1) is 31.8. The molecule has 5 atom stereocenters. The third kappa shape index (κ3) is 9.89. The molecule has 0 aliphatic rings. The lowest BCUT2D eigenvalue weighted by atomic mass is 10.0. The van der Waals surface area contributed by atoms with E-state index >= 15 is 0 Å². The third-order valence-electron chi connectivity index (χ3n) is 12.2. The minimum absolute atomic E-state index is 0.0251. The van der Waals surface area contributed by atoms with Gasteiger partial charge in [-0.05, 0) is 53.9 Å². The van der Waals surface area contributed by atoms with Gasteiger partial charge in [-0.1, -0.05) is 175 Å². The average Bonchev–Trinajstić information content (AvgIpc) is 4.20. The number of aromatic nitrogens is 15. The molecule has 4 aromatic carbocycles. The number of nitrogens with zero attached hydrogens (tertiary/aromatic N) is 15. The minimum atomic E-state index is -0.314. The van der Waals surface area contributed by atoms with Gasteiger partial charge in [0.1, 0.15) is 46.9 Å². The molecule has 9 aromatic rings. The Kier molecular flexibility index (Phi) is 12.9. The monoisotopic (exact) mass is 865 g/mol. The van der Waals surface area contributed by atoms with Crippen LogP contribution in [0.5, 0.6) is 0 Å². The standard InChI is InChI=1S/C50H55N15/c1-35(2)49(64-30-42(51-56-64)27-26-38-18-10-6-11-19-38)46-34-63(59-55-46)47(28-39-20-12-7-13-21-39)43-31-62(58-52-43)48(29-40-22-14-8-15-23-40)44-32-65(60-53-44)50(36(3)4)45-33-61(57-54-45)37(5)41-24-16-9-17-25-41/h6-25,30-37,47-50H,26-29H2,1-5H3/t37-,47+,48+,49+,50+/m1/s1. The summed E-state index contributed by atoms with van der Waals surface area (Å²) >= 11 is 0. The lowest BCUT2D eigenvalue weighted by Crippen LogP contribution is -2.18. The molecule has 65 heavy (non-hydrogen) atoms. The van der Waals surface area contributed by atoms with E-state index in [2.05, 4.69) is 140 Å². The van der Waals surface area contributed by atoms with Crippen LogP contribution in [0, 0.1) is 11.8 Å². The van der Waals surface area contributed by atoms with E-state index in [1.165, 1.54) is 5.56 Å². The summed E-state index contributed by atoms with van der Waals surface area (Å²) in [4.78, 5) is 0. The maximum absolute atomic E-state index is 4.86. The van der Waals surface area contributed by atoms with E-state index < -0.39 is 0 Å². The Hall–Kier alpha value is -7.42. The molecule has 0 amide bonds. The molecular weight excluding hydrogens is 811 g/mol. The molecule has 0 fully saturated rings. The second kappa shape index (κ2) is 19.5. The predicted molar refractivity (Wildman–Crippen MR) is 247 cm³/mol. The van der Waals surface area contributed by atoms with Gasteiger partial charge in [-0.2, -0.15) is 0 Å².